The number of aromatic nitrogens is 2. The molecule has 0 aliphatic rings. The third-order valence-corrected chi connectivity index (χ3v) is 6.17. The van der Waals surface area contributed by atoms with Crippen molar-refractivity contribution in [3.8, 4) is 11.1 Å². The topological polar surface area (TPSA) is 79.3 Å². The van der Waals surface area contributed by atoms with Crippen LogP contribution in [0.3, 0.4) is 0 Å². The van der Waals surface area contributed by atoms with Gasteiger partial charge < -0.3 is 20.1 Å². The molecule has 0 aliphatic heterocycles. The SMILES string of the molecule is CNc1cc2c(cn1)cc(-c1cc(NC(=O)c3cc(N(C)C)cc(C(F)(F)F)c3)ccc1C)c(=O)n2C. The largest absolute Gasteiger partial charge is 0.416 e. The highest BCUT2D eigenvalue weighted by atomic mass is 19.4. The fourth-order valence-electron chi connectivity index (χ4n) is 4.05. The van der Waals surface area contributed by atoms with Crippen LogP contribution in [0.15, 0.2) is 59.5 Å². The van der Waals surface area contributed by atoms with Crippen molar-refractivity contribution in [2.75, 3.05) is 36.7 Å². The summed E-state index contributed by atoms with van der Waals surface area (Å²) in [4.78, 5) is 32.0. The Bertz CT molecular complexity index is 1580. The number of hydrogen-bond acceptors (Lipinski definition) is 5. The molecule has 10 heteroatoms. The number of aryl methyl sites for hydroxylation is 2. The third kappa shape index (κ3) is 5.13. The number of carbonyl (C=O) groups is 1. The van der Waals surface area contributed by atoms with E-state index < -0.39 is 17.6 Å². The fraction of sp³-hybridized carbons (Fsp3) is 0.222. The van der Waals surface area contributed by atoms with Crippen LogP contribution in [-0.4, -0.2) is 36.6 Å². The lowest BCUT2D eigenvalue weighted by molar-refractivity contribution is -0.137. The number of benzene rings is 2. The predicted octanol–water partition coefficient (Wildman–Crippen LogP) is 5.29. The molecule has 192 valence electrons. The molecule has 0 saturated carbocycles. The Kier molecular flexibility index (Phi) is 6.68. The van der Waals surface area contributed by atoms with Gasteiger partial charge in [0.1, 0.15) is 5.82 Å². The maximum Gasteiger partial charge on any atom is 0.416 e. The van der Waals surface area contributed by atoms with Crippen LogP contribution >= 0.6 is 0 Å². The summed E-state index contributed by atoms with van der Waals surface area (Å²) in [5.74, 6) is -0.0673. The number of anilines is 3. The first kappa shape index (κ1) is 25.7. The van der Waals surface area contributed by atoms with Crippen molar-refractivity contribution in [1.82, 2.24) is 9.55 Å². The summed E-state index contributed by atoms with van der Waals surface area (Å²) in [6, 6.07) is 11.8. The van der Waals surface area contributed by atoms with E-state index in [0.29, 0.717) is 28.1 Å². The summed E-state index contributed by atoms with van der Waals surface area (Å²) >= 11 is 0. The van der Waals surface area contributed by atoms with Crippen LogP contribution < -0.4 is 21.1 Å². The number of hydrogen-bond donors (Lipinski definition) is 2. The predicted molar refractivity (Wildman–Crippen MR) is 140 cm³/mol. The van der Waals surface area contributed by atoms with Crippen molar-refractivity contribution in [3.63, 3.8) is 0 Å². The number of carbonyl (C=O) groups excluding carboxylic acids is 1. The fourth-order valence-corrected chi connectivity index (χ4v) is 4.05. The van der Waals surface area contributed by atoms with Gasteiger partial charge in [0.25, 0.3) is 11.5 Å². The van der Waals surface area contributed by atoms with Gasteiger partial charge in [0.15, 0.2) is 0 Å². The zero-order valence-electron chi connectivity index (χ0n) is 21.0. The number of amides is 1. The number of alkyl halides is 3. The molecule has 0 spiro atoms. The van der Waals surface area contributed by atoms with E-state index in [1.807, 2.05) is 6.92 Å². The molecule has 4 aromatic rings. The minimum Gasteiger partial charge on any atom is -0.378 e. The Labute approximate surface area is 211 Å². The Hall–Kier alpha value is -4.34. The van der Waals surface area contributed by atoms with Crippen molar-refractivity contribution in [3.05, 3.63) is 81.8 Å². The zero-order valence-corrected chi connectivity index (χ0v) is 21.0. The smallest absolute Gasteiger partial charge is 0.378 e. The average Bonchev–Trinajstić information content (AvgIpc) is 2.86. The molecule has 1 amide bonds. The molecule has 7 nitrogen and oxygen atoms in total. The Morgan fingerprint density at radius 2 is 1.76 bits per heavy atom. The van der Waals surface area contributed by atoms with E-state index >= 15 is 0 Å². The lowest BCUT2D eigenvalue weighted by Gasteiger charge is -2.17. The van der Waals surface area contributed by atoms with Crippen molar-refractivity contribution in [2.24, 2.45) is 7.05 Å². The second-order valence-corrected chi connectivity index (χ2v) is 8.95. The normalized spacial score (nSPS) is 11.5. The van der Waals surface area contributed by atoms with Gasteiger partial charge in [0, 0.05) is 68.3 Å². The van der Waals surface area contributed by atoms with Crippen molar-refractivity contribution in [2.45, 2.75) is 13.1 Å². The minimum atomic E-state index is -4.60. The van der Waals surface area contributed by atoms with Crippen LogP contribution in [0.2, 0.25) is 0 Å². The summed E-state index contributed by atoms with van der Waals surface area (Å²) in [5, 5.41) is 6.38. The number of halogens is 3. The van der Waals surface area contributed by atoms with Gasteiger partial charge in [0.2, 0.25) is 0 Å². The number of fused-ring (bicyclic) bond motifs is 1. The van der Waals surface area contributed by atoms with Gasteiger partial charge >= 0.3 is 6.18 Å². The lowest BCUT2D eigenvalue weighted by Crippen LogP contribution is -2.20. The Balaban J connectivity index is 1.74. The van der Waals surface area contributed by atoms with Gasteiger partial charge in [0.05, 0.1) is 11.1 Å². The quantitative estimate of drug-likeness (QED) is 0.382. The monoisotopic (exact) mass is 509 g/mol. The molecule has 2 heterocycles. The van der Waals surface area contributed by atoms with Crippen LogP contribution in [0.1, 0.15) is 21.5 Å². The molecule has 37 heavy (non-hydrogen) atoms. The molecule has 0 atom stereocenters. The van der Waals surface area contributed by atoms with Crippen molar-refractivity contribution in [1.29, 1.82) is 0 Å². The molecule has 4 rings (SSSR count). The summed E-state index contributed by atoms with van der Waals surface area (Å²) in [5.41, 5.74) is 1.82. The summed E-state index contributed by atoms with van der Waals surface area (Å²) in [7, 11) is 6.61. The lowest BCUT2D eigenvalue weighted by atomic mass is 9.99. The number of nitrogens with one attached hydrogen (secondary N) is 2. The van der Waals surface area contributed by atoms with Crippen LogP contribution in [0.5, 0.6) is 0 Å². The van der Waals surface area contributed by atoms with Crippen molar-refractivity contribution >= 4 is 34.0 Å². The highest BCUT2D eigenvalue weighted by Crippen LogP contribution is 2.33. The molecule has 0 unspecified atom stereocenters. The van der Waals surface area contributed by atoms with E-state index in [1.165, 1.54) is 15.5 Å². The van der Waals surface area contributed by atoms with Crippen LogP contribution in [0.25, 0.3) is 22.0 Å². The van der Waals surface area contributed by atoms with Crippen LogP contribution in [0.4, 0.5) is 30.4 Å². The van der Waals surface area contributed by atoms with E-state index in [9.17, 15) is 22.8 Å². The van der Waals surface area contributed by atoms with Gasteiger partial charge in [-0.2, -0.15) is 13.2 Å². The Morgan fingerprint density at radius 3 is 2.41 bits per heavy atom. The van der Waals surface area contributed by atoms with Crippen LogP contribution in [-0.2, 0) is 13.2 Å². The van der Waals surface area contributed by atoms with Crippen LogP contribution in [0, 0.1) is 6.92 Å². The molecular weight excluding hydrogens is 483 g/mol. The first-order chi connectivity index (χ1) is 17.4. The molecule has 0 bridgehead atoms. The van der Waals surface area contributed by atoms with Gasteiger partial charge in [-0.15, -0.1) is 0 Å². The molecule has 0 fully saturated rings. The van der Waals surface area contributed by atoms with E-state index in [1.54, 1.807) is 64.7 Å². The molecule has 0 radical (unpaired) electrons. The first-order valence-corrected chi connectivity index (χ1v) is 11.4. The van der Waals surface area contributed by atoms with Gasteiger partial charge in [-0.25, -0.2) is 4.98 Å². The molecule has 0 saturated heterocycles. The first-order valence-electron chi connectivity index (χ1n) is 11.4. The summed E-state index contributed by atoms with van der Waals surface area (Å²) in [6.45, 7) is 1.84. The molecule has 2 aromatic carbocycles. The highest BCUT2D eigenvalue weighted by Gasteiger charge is 2.32. The number of pyridine rings is 2. The van der Waals surface area contributed by atoms with Gasteiger partial charge in [-0.1, -0.05) is 6.07 Å². The number of nitrogens with zero attached hydrogens (tertiary/aromatic N) is 3. The average molecular weight is 510 g/mol. The van der Waals surface area contributed by atoms with E-state index in [2.05, 4.69) is 15.6 Å². The molecule has 0 aliphatic carbocycles. The molecular formula is C27H26F3N5O2. The minimum absolute atomic E-state index is 0.131. The van der Waals surface area contributed by atoms with Gasteiger partial charge in [-0.3, -0.25) is 9.59 Å². The van der Waals surface area contributed by atoms with E-state index in [4.69, 9.17) is 0 Å². The second-order valence-electron chi connectivity index (χ2n) is 8.95. The standard InChI is InChI=1S/C27H26F3N5O2/c1-15-6-7-19(33-25(36)16-8-18(27(28,29)30)11-20(9-16)34(3)4)12-21(15)22-10-17-14-32-24(31-2)13-23(17)35(5)26(22)37/h6-14H,1-5H3,(H,31,32)(H,33,36). The maximum absolute atomic E-state index is 13.4. The zero-order chi connectivity index (χ0) is 27.1. The summed E-state index contributed by atoms with van der Waals surface area (Å²) < 4.78 is 41.8. The Morgan fingerprint density at radius 1 is 1.03 bits per heavy atom. The summed E-state index contributed by atoms with van der Waals surface area (Å²) in [6.07, 6.45) is -2.93. The maximum atomic E-state index is 13.4. The number of rotatable bonds is 5. The van der Waals surface area contributed by atoms with Gasteiger partial charge in [-0.05, 0) is 54.4 Å². The highest BCUT2D eigenvalue weighted by molar-refractivity contribution is 6.05. The van der Waals surface area contributed by atoms with Crippen molar-refractivity contribution < 1.29 is 18.0 Å². The molecule has 2 N–H and O–H groups in total. The van der Waals surface area contributed by atoms with E-state index in [-0.39, 0.29) is 16.8 Å². The molecule has 2 aromatic heterocycles. The van der Waals surface area contributed by atoms with E-state index in [0.717, 1.165) is 23.1 Å². The third-order valence-electron chi connectivity index (χ3n) is 6.17. The second kappa shape index (κ2) is 9.61.